The van der Waals surface area contributed by atoms with E-state index in [0.29, 0.717) is 0 Å². The number of aliphatic hydroxyl groups is 9. The highest BCUT2D eigenvalue weighted by atomic mass is 16.4. The van der Waals surface area contributed by atoms with Crippen LogP contribution in [-0.4, -0.2) is 106 Å². The average molecular weight is 364 g/mol. The van der Waals surface area contributed by atoms with Gasteiger partial charge in [0.15, 0.2) is 0 Å². The van der Waals surface area contributed by atoms with Gasteiger partial charge < -0.3 is 46.0 Å². The molecule has 0 aliphatic carbocycles. The van der Waals surface area contributed by atoms with E-state index < -0.39 is 55.9 Å². The van der Waals surface area contributed by atoms with E-state index in [4.69, 9.17) is 10.2 Å². The number of nitrogens with zero attached hydrogens (tertiary/aromatic N) is 2. The molecule has 7 atom stereocenters. The molecule has 0 saturated heterocycles. The van der Waals surface area contributed by atoms with Crippen molar-refractivity contribution in [1.82, 2.24) is 9.97 Å². The van der Waals surface area contributed by atoms with E-state index in [-0.39, 0.29) is 17.8 Å². The Labute approximate surface area is 143 Å². The van der Waals surface area contributed by atoms with Gasteiger partial charge in [0, 0.05) is 12.6 Å². The van der Waals surface area contributed by atoms with E-state index >= 15 is 0 Å². The van der Waals surface area contributed by atoms with Crippen molar-refractivity contribution in [2.24, 2.45) is 0 Å². The number of rotatable bonds is 10. The zero-order valence-corrected chi connectivity index (χ0v) is 13.2. The van der Waals surface area contributed by atoms with Crippen molar-refractivity contribution in [2.45, 2.75) is 49.1 Å². The minimum atomic E-state index is -1.86. The van der Waals surface area contributed by atoms with E-state index in [1.807, 2.05) is 0 Å². The largest absolute Gasteiger partial charge is 0.394 e. The second-order valence-electron chi connectivity index (χ2n) is 5.62. The fraction of sp³-hybridized carbons (Fsp3) is 0.714. The number of aliphatic hydroxyl groups excluding tert-OH is 9. The van der Waals surface area contributed by atoms with Gasteiger partial charge in [0.1, 0.15) is 36.6 Å². The number of hydrogen-bond donors (Lipinski definition) is 9. The molecule has 0 amide bonds. The first kappa shape index (κ1) is 21.8. The molecule has 0 aromatic carbocycles. The molecule has 11 heteroatoms. The van der Waals surface area contributed by atoms with Crippen LogP contribution < -0.4 is 0 Å². The second kappa shape index (κ2) is 10.0. The van der Waals surface area contributed by atoms with Gasteiger partial charge in [0.25, 0.3) is 0 Å². The van der Waals surface area contributed by atoms with Crippen LogP contribution in [-0.2, 0) is 6.42 Å². The monoisotopic (exact) mass is 364 g/mol. The van der Waals surface area contributed by atoms with E-state index in [0.717, 1.165) is 6.20 Å². The molecule has 1 aromatic rings. The van der Waals surface area contributed by atoms with Gasteiger partial charge in [0.05, 0.1) is 36.9 Å². The third kappa shape index (κ3) is 5.88. The van der Waals surface area contributed by atoms with Gasteiger partial charge in [-0.1, -0.05) is 0 Å². The Kier molecular flexibility index (Phi) is 8.71. The maximum absolute atomic E-state index is 10.0. The van der Waals surface area contributed by atoms with Crippen LogP contribution >= 0.6 is 0 Å². The highest BCUT2D eigenvalue weighted by molar-refractivity contribution is 5.09. The Morgan fingerprint density at radius 2 is 1.28 bits per heavy atom. The third-order valence-electron chi connectivity index (χ3n) is 3.65. The predicted molar refractivity (Wildman–Crippen MR) is 80.9 cm³/mol. The Hall–Kier alpha value is -1.28. The summed E-state index contributed by atoms with van der Waals surface area (Å²) in [6.07, 6.45) is -9.74. The van der Waals surface area contributed by atoms with Crippen molar-refractivity contribution in [3.8, 4) is 0 Å². The van der Waals surface area contributed by atoms with Crippen molar-refractivity contribution in [2.75, 3.05) is 13.2 Å². The molecule has 1 rings (SSSR count). The molecular weight excluding hydrogens is 340 g/mol. The van der Waals surface area contributed by atoms with Gasteiger partial charge in [-0.25, -0.2) is 0 Å². The third-order valence-corrected chi connectivity index (χ3v) is 3.65. The van der Waals surface area contributed by atoms with Crippen LogP contribution in [0.2, 0.25) is 0 Å². The van der Waals surface area contributed by atoms with Crippen LogP contribution in [0.3, 0.4) is 0 Å². The van der Waals surface area contributed by atoms with Crippen LogP contribution in [0.4, 0.5) is 0 Å². The molecule has 0 spiro atoms. The molecular formula is C14H24N2O9. The van der Waals surface area contributed by atoms with E-state index in [2.05, 4.69) is 9.97 Å². The molecule has 0 radical (unpaired) electrons. The van der Waals surface area contributed by atoms with Crippen molar-refractivity contribution in [3.05, 3.63) is 23.8 Å². The maximum atomic E-state index is 10.0. The lowest BCUT2D eigenvalue weighted by molar-refractivity contribution is -0.117. The summed E-state index contributed by atoms with van der Waals surface area (Å²) in [6, 6.07) is 0. The summed E-state index contributed by atoms with van der Waals surface area (Å²) in [6.45, 7) is -1.58. The molecule has 0 aliphatic rings. The molecule has 1 heterocycles. The summed E-state index contributed by atoms with van der Waals surface area (Å²) in [5.41, 5.74) is -0.0868. The second-order valence-corrected chi connectivity index (χ2v) is 5.62. The minimum absolute atomic E-state index is 0.0950. The highest BCUT2D eigenvalue weighted by Gasteiger charge is 2.32. The Morgan fingerprint density at radius 1 is 0.720 bits per heavy atom. The maximum Gasteiger partial charge on any atom is 0.126 e. The molecule has 0 saturated carbocycles. The van der Waals surface area contributed by atoms with Gasteiger partial charge in [-0.15, -0.1) is 0 Å². The molecule has 0 unspecified atom stereocenters. The zero-order valence-electron chi connectivity index (χ0n) is 13.2. The summed E-state index contributed by atoms with van der Waals surface area (Å²) in [7, 11) is 0. The van der Waals surface area contributed by atoms with Crippen molar-refractivity contribution in [3.63, 3.8) is 0 Å². The van der Waals surface area contributed by atoms with E-state index in [9.17, 15) is 35.7 Å². The summed E-state index contributed by atoms with van der Waals surface area (Å²) in [5.74, 6) is 0. The van der Waals surface area contributed by atoms with Gasteiger partial charge in [0.2, 0.25) is 0 Å². The van der Waals surface area contributed by atoms with Crippen molar-refractivity contribution < 1.29 is 46.0 Å². The number of aromatic nitrogens is 2. The first-order valence-electron chi connectivity index (χ1n) is 7.51. The molecule has 0 fully saturated rings. The zero-order chi connectivity index (χ0) is 19.1. The SMILES string of the molecule is OC[C@@H](O)[C@@H](O)[C@@H](O)Cc1cncc([C@@H](O)[C@H](O)[C@H](O)[C@H](O)CO)n1. The molecule has 0 bridgehead atoms. The molecule has 25 heavy (non-hydrogen) atoms. The quantitative estimate of drug-likeness (QED) is 0.192. The molecule has 0 aliphatic heterocycles. The first-order chi connectivity index (χ1) is 11.7. The van der Waals surface area contributed by atoms with Gasteiger partial charge in [-0.05, 0) is 0 Å². The van der Waals surface area contributed by atoms with E-state index in [1.54, 1.807) is 0 Å². The smallest absolute Gasteiger partial charge is 0.126 e. The average Bonchev–Trinajstić information content (AvgIpc) is 2.64. The fourth-order valence-corrected chi connectivity index (χ4v) is 2.06. The first-order valence-corrected chi connectivity index (χ1v) is 7.51. The van der Waals surface area contributed by atoms with Crippen LogP contribution in [0.1, 0.15) is 17.5 Å². The van der Waals surface area contributed by atoms with Crippen LogP contribution in [0.15, 0.2) is 12.4 Å². The molecule has 9 N–H and O–H groups in total. The molecule has 144 valence electrons. The summed E-state index contributed by atoms with van der Waals surface area (Å²) >= 11 is 0. The minimum Gasteiger partial charge on any atom is -0.394 e. The van der Waals surface area contributed by atoms with Gasteiger partial charge in [-0.3, -0.25) is 9.97 Å². The standard InChI is InChI=1S/C14H24N2O9/c17-4-9(20)12(23)8(19)1-6-2-15-3-7(16-6)11(22)14(25)13(24)10(21)5-18/h2-3,8-14,17-25H,1,4-5H2/t8-,9+,10+,11+,12-,13+,14-/m0/s1. The van der Waals surface area contributed by atoms with Crippen LogP contribution in [0, 0.1) is 0 Å². The Balaban J connectivity index is 2.83. The summed E-state index contributed by atoms with van der Waals surface area (Å²) in [4.78, 5) is 7.68. The topological polar surface area (TPSA) is 208 Å². The predicted octanol–water partition coefficient (Wildman–Crippen LogP) is -4.80. The van der Waals surface area contributed by atoms with Crippen molar-refractivity contribution in [1.29, 1.82) is 0 Å². The lowest BCUT2D eigenvalue weighted by Gasteiger charge is -2.25. The van der Waals surface area contributed by atoms with Crippen molar-refractivity contribution >= 4 is 0 Å². The lowest BCUT2D eigenvalue weighted by atomic mass is 10.0. The molecule has 1 aromatic heterocycles. The Bertz CT molecular complexity index is 521. The van der Waals surface area contributed by atoms with Gasteiger partial charge >= 0.3 is 0 Å². The van der Waals surface area contributed by atoms with Gasteiger partial charge in [-0.2, -0.15) is 0 Å². The summed E-state index contributed by atoms with van der Waals surface area (Å²) in [5, 5.41) is 84.9. The fourth-order valence-electron chi connectivity index (χ4n) is 2.06. The number of hydrogen-bond acceptors (Lipinski definition) is 11. The Morgan fingerprint density at radius 3 is 1.84 bits per heavy atom. The normalized spacial score (nSPS) is 20.4. The van der Waals surface area contributed by atoms with E-state index in [1.165, 1.54) is 6.20 Å². The summed E-state index contributed by atoms with van der Waals surface area (Å²) < 4.78 is 0. The lowest BCUT2D eigenvalue weighted by Crippen LogP contribution is -2.43. The van der Waals surface area contributed by atoms with Crippen LogP contribution in [0.25, 0.3) is 0 Å². The molecule has 11 nitrogen and oxygen atoms in total. The highest BCUT2D eigenvalue weighted by Crippen LogP contribution is 2.19. The van der Waals surface area contributed by atoms with Crippen LogP contribution in [0.5, 0.6) is 0 Å².